The Morgan fingerprint density at radius 1 is 1.44 bits per heavy atom. The quantitative estimate of drug-likeness (QED) is 0.835. The van der Waals surface area contributed by atoms with Gasteiger partial charge < -0.3 is 10.8 Å². The Kier molecular flexibility index (Phi) is 6.06. The van der Waals surface area contributed by atoms with E-state index in [9.17, 15) is 9.50 Å². The Bertz CT molecular complexity index is 386. The van der Waals surface area contributed by atoms with Gasteiger partial charge in [0.2, 0.25) is 0 Å². The lowest BCUT2D eigenvalue weighted by molar-refractivity contribution is 0.0847. The van der Waals surface area contributed by atoms with Gasteiger partial charge in [-0.2, -0.15) is 0 Å². The third kappa shape index (κ3) is 3.44. The van der Waals surface area contributed by atoms with Crippen LogP contribution >= 0.6 is 11.6 Å². The number of hydrogen-bond acceptors (Lipinski definition) is 2. The number of halogens is 2. The average molecular weight is 274 g/mol. The Balaban J connectivity index is 2.98. The Labute approximate surface area is 113 Å². The van der Waals surface area contributed by atoms with E-state index in [2.05, 4.69) is 6.92 Å². The summed E-state index contributed by atoms with van der Waals surface area (Å²) in [6.07, 6.45) is 1.22. The standard InChI is InChI=1S/C14H21ClFNO/c1-3-5-9(2)14(18)11(8-17)10-6-4-7-12(15)13(10)16/h4,6-7,9,11,14,18H,3,5,8,17H2,1-2H3. The van der Waals surface area contributed by atoms with E-state index in [1.807, 2.05) is 6.92 Å². The summed E-state index contributed by atoms with van der Waals surface area (Å²) in [7, 11) is 0. The van der Waals surface area contributed by atoms with E-state index in [0.29, 0.717) is 5.56 Å². The molecule has 0 amide bonds. The van der Waals surface area contributed by atoms with Crippen molar-refractivity contribution in [3.63, 3.8) is 0 Å². The van der Waals surface area contributed by atoms with Gasteiger partial charge in [-0.05, 0) is 24.0 Å². The molecule has 1 rings (SSSR count). The highest BCUT2D eigenvalue weighted by molar-refractivity contribution is 6.30. The molecular weight excluding hydrogens is 253 g/mol. The van der Waals surface area contributed by atoms with E-state index in [1.165, 1.54) is 6.07 Å². The molecule has 0 bridgehead atoms. The minimum Gasteiger partial charge on any atom is -0.392 e. The fourth-order valence-electron chi connectivity index (χ4n) is 2.28. The second-order valence-electron chi connectivity index (χ2n) is 4.74. The van der Waals surface area contributed by atoms with E-state index in [-0.39, 0.29) is 17.5 Å². The van der Waals surface area contributed by atoms with Gasteiger partial charge in [0, 0.05) is 12.5 Å². The van der Waals surface area contributed by atoms with Crippen LogP contribution in [0.4, 0.5) is 4.39 Å². The van der Waals surface area contributed by atoms with Gasteiger partial charge in [-0.15, -0.1) is 0 Å². The van der Waals surface area contributed by atoms with Gasteiger partial charge in [0.25, 0.3) is 0 Å². The van der Waals surface area contributed by atoms with Crippen LogP contribution in [0.5, 0.6) is 0 Å². The number of rotatable bonds is 6. The van der Waals surface area contributed by atoms with Crippen molar-refractivity contribution >= 4 is 11.6 Å². The van der Waals surface area contributed by atoms with E-state index in [0.717, 1.165) is 12.8 Å². The summed E-state index contributed by atoms with van der Waals surface area (Å²) < 4.78 is 13.9. The monoisotopic (exact) mass is 273 g/mol. The highest BCUT2D eigenvalue weighted by Crippen LogP contribution is 2.30. The first-order chi connectivity index (χ1) is 8.52. The Hall–Kier alpha value is -0.640. The zero-order valence-corrected chi connectivity index (χ0v) is 11.6. The van der Waals surface area contributed by atoms with Crippen LogP contribution in [0.2, 0.25) is 5.02 Å². The predicted octanol–water partition coefficient (Wildman–Crippen LogP) is 3.32. The van der Waals surface area contributed by atoms with Crippen LogP contribution in [0.3, 0.4) is 0 Å². The first-order valence-electron chi connectivity index (χ1n) is 6.34. The molecule has 0 aromatic heterocycles. The molecule has 0 saturated carbocycles. The molecule has 4 heteroatoms. The van der Waals surface area contributed by atoms with Crippen LogP contribution in [-0.4, -0.2) is 17.8 Å². The van der Waals surface area contributed by atoms with Crippen molar-refractivity contribution in [1.29, 1.82) is 0 Å². The van der Waals surface area contributed by atoms with Crippen LogP contribution < -0.4 is 5.73 Å². The van der Waals surface area contributed by atoms with E-state index in [4.69, 9.17) is 17.3 Å². The fourth-order valence-corrected chi connectivity index (χ4v) is 2.46. The van der Waals surface area contributed by atoms with Crippen LogP contribution in [-0.2, 0) is 0 Å². The summed E-state index contributed by atoms with van der Waals surface area (Å²) in [5.74, 6) is -0.801. The van der Waals surface area contributed by atoms with Crippen molar-refractivity contribution in [2.45, 2.75) is 38.7 Å². The summed E-state index contributed by atoms with van der Waals surface area (Å²) in [5.41, 5.74) is 6.09. The lowest BCUT2D eigenvalue weighted by Crippen LogP contribution is -2.31. The minimum absolute atomic E-state index is 0.0706. The van der Waals surface area contributed by atoms with Gasteiger partial charge in [-0.25, -0.2) is 4.39 Å². The van der Waals surface area contributed by atoms with E-state index < -0.39 is 17.8 Å². The lowest BCUT2D eigenvalue weighted by atomic mass is 9.84. The molecule has 1 aromatic rings. The molecule has 18 heavy (non-hydrogen) atoms. The molecular formula is C14H21ClFNO. The van der Waals surface area contributed by atoms with Crippen molar-refractivity contribution in [3.8, 4) is 0 Å². The molecule has 0 saturated heterocycles. The molecule has 0 radical (unpaired) electrons. The molecule has 0 spiro atoms. The number of nitrogens with two attached hydrogens (primary N) is 1. The normalized spacial score (nSPS) is 16.3. The predicted molar refractivity (Wildman–Crippen MR) is 73.3 cm³/mol. The van der Waals surface area contributed by atoms with Crippen LogP contribution in [0.25, 0.3) is 0 Å². The lowest BCUT2D eigenvalue weighted by Gasteiger charge is -2.27. The molecule has 2 nitrogen and oxygen atoms in total. The third-order valence-electron chi connectivity index (χ3n) is 3.37. The summed E-state index contributed by atoms with van der Waals surface area (Å²) in [5, 5.41) is 10.4. The fraction of sp³-hybridized carbons (Fsp3) is 0.571. The van der Waals surface area contributed by atoms with Crippen molar-refractivity contribution in [2.24, 2.45) is 11.7 Å². The van der Waals surface area contributed by atoms with Gasteiger partial charge in [0.1, 0.15) is 5.82 Å². The van der Waals surface area contributed by atoms with E-state index >= 15 is 0 Å². The van der Waals surface area contributed by atoms with Crippen molar-refractivity contribution in [1.82, 2.24) is 0 Å². The summed E-state index contributed by atoms with van der Waals surface area (Å²) in [6, 6.07) is 4.82. The SMILES string of the molecule is CCCC(C)C(O)C(CN)c1cccc(Cl)c1F. The van der Waals surface area contributed by atoms with Crippen LogP contribution in [0.15, 0.2) is 18.2 Å². The highest BCUT2D eigenvalue weighted by Gasteiger charge is 2.27. The number of aliphatic hydroxyl groups is 1. The van der Waals surface area contributed by atoms with Gasteiger partial charge in [-0.1, -0.05) is 44.0 Å². The Morgan fingerprint density at radius 3 is 2.67 bits per heavy atom. The molecule has 0 aliphatic heterocycles. The average Bonchev–Trinajstić information content (AvgIpc) is 2.35. The van der Waals surface area contributed by atoms with Crippen molar-refractivity contribution in [3.05, 3.63) is 34.6 Å². The van der Waals surface area contributed by atoms with Gasteiger partial charge in [-0.3, -0.25) is 0 Å². The van der Waals surface area contributed by atoms with Crippen LogP contribution in [0, 0.1) is 11.7 Å². The van der Waals surface area contributed by atoms with Gasteiger partial charge in [0.05, 0.1) is 11.1 Å². The largest absolute Gasteiger partial charge is 0.392 e. The first-order valence-corrected chi connectivity index (χ1v) is 6.72. The molecule has 0 heterocycles. The maximum Gasteiger partial charge on any atom is 0.145 e. The zero-order chi connectivity index (χ0) is 13.7. The smallest absolute Gasteiger partial charge is 0.145 e. The summed E-state index contributed by atoms with van der Waals surface area (Å²) >= 11 is 5.76. The van der Waals surface area contributed by atoms with Crippen molar-refractivity contribution < 1.29 is 9.50 Å². The Morgan fingerprint density at radius 2 is 2.11 bits per heavy atom. The molecule has 3 unspecified atom stereocenters. The number of hydrogen-bond donors (Lipinski definition) is 2. The molecule has 3 N–H and O–H groups in total. The summed E-state index contributed by atoms with van der Waals surface area (Å²) in [6.45, 7) is 4.21. The molecule has 1 aromatic carbocycles. The van der Waals surface area contributed by atoms with Crippen molar-refractivity contribution in [2.75, 3.05) is 6.54 Å². The number of benzene rings is 1. The maximum absolute atomic E-state index is 13.9. The molecule has 0 aliphatic carbocycles. The third-order valence-corrected chi connectivity index (χ3v) is 3.67. The van der Waals surface area contributed by atoms with E-state index in [1.54, 1.807) is 12.1 Å². The van der Waals surface area contributed by atoms with Gasteiger partial charge in [0.15, 0.2) is 0 Å². The zero-order valence-electron chi connectivity index (χ0n) is 10.9. The first kappa shape index (κ1) is 15.4. The second-order valence-corrected chi connectivity index (χ2v) is 5.15. The summed E-state index contributed by atoms with van der Waals surface area (Å²) in [4.78, 5) is 0. The van der Waals surface area contributed by atoms with Crippen LogP contribution in [0.1, 0.15) is 38.2 Å². The number of aliphatic hydroxyl groups excluding tert-OH is 1. The molecule has 102 valence electrons. The maximum atomic E-state index is 13.9. The van der Waals surface area contributed by atoms with Gasteiger partial charge >= 0.3 is 0 Å². The second kappa shape index (κ2) is 7.07. The molecule has 3 atom stereocenters. The topological polar surface area (TPSA) is 46.2 Å². The highest BCUT2D eigenvalue weighted by atomic mass is 35.5. The molecule has 0 aliphatic rings. The molecule has 0 fully saturated rings. The minimum atomic E-state index is -0.650.